The van der Waals surface area contributed by atoms with Gasteiger partial charge in [-0.3, -0.25) is 4.79 Å². The molecule has 128 valence electrons. The number of carboxylic acids is 1. The van der Waals surface area contributed by atoms with Crippen LogP contribution in [0.3, 0.4) is 0 Å². The molecule has 0 unspecified atom stereocenters. The number of nitrogens with one attached hydrogen (secondary N) is 2. The van der Waals surface area contributed by atoms with Gasteiger partial charge in [-0.1, -0.05) is 23.7 Å². The van der Waals surface area contributed by atoms with Crippen molar-refractivity contribution in [3.63, 3.8) is 0 Å². The highest BCUT2D eigenvalue weighted by molar-refractivity contribution is 7.18. The van der Waals surface area contributed by atoms with Crippen molar-refractivity contribution in [2.24, 2.45) is 0 Å². The van der Waals surface area contributed by atoms with E-state index in [1.807, 2.05) is 0 Å². The van der Waals surface area contributed by atoms with E-state index in [0.29, 0.717) is 20.5 Å². The van der Waals surface area contributed by atoms with Gasteiger partial charge in [0, 0.05) is 23.0 Å². The quantitative estimate of drug-likeness (QED) is 0.563. The monoisotopic (exact) mass is 392 g/mol. The second kappa shape index (κ2) is 7.26. The first kappa shape index (κ1) is 17.5. The molecule has 0 aliphatic heterocycles. The number of carbonyl (C=O) groups is 2. The normalized spacial score (nSPS) is 10.5. The molecule has 0 radical (unpaired) electrons. The number of carboxylic acid groups (broad SMARTS) is 1. The van der Waals surface area contributed by atoms with Gasteiger partial charge >= 0.3 is 5.97 Å². The second-order valence-electron chi connectivity index (χ2n) is 5.03. The van der Waals surface area contributed by atoms with Crippen LogP contribution in [0.2, 0.25) is 5.02 Å². The van der Waals surface area contributed by atoms with E-state index in [9.17, 15) is 14.7 Å². The molecule has 0 atom stereocenters. The van der Waals surface area contributed by atoms with Crippen molar-refractivity contribution in [3.05, 3.63) is 57.2 Å². The summed E-state index contributed by atoms with van der Waals surface area (Å²) in [7, 11) is 1.77. The highest BCUT2D eigenvalue weighted by Crippen LogP contribution is 2.36. The molecule has 3 rings (SSSR count). The average Bonchev–Trinajstić information content (AvgIpc) is 3.22. The van der Waals surface area contributed by atoms with E-state index in [0.717, 1.165) is 10.6 Å². The molecule has 2 heterocycles. The molecule has 1 aromatic carbocycles. The maximum Gasteiger partial charge on any atom is 0.339 e. The van der Waals surface area contributed by atoms with Crippen molar-refractivity contribution in [2.75, 3.05) is 17.7 Å². The fourth-order valence-corrected chi connectivity index (χ4v) is 4.10. The molecule has 0 spiro atoms. The molecule has 5 nitrogen and oxygen atoms in total. The zero-order chi connectivity index (χ0) is 18.0. The van der Waals surface area contributed by atoms with Crippen LogP contribution in [0.1, 0.15) is 20.0 Å². The number of benzene rings is 1. The third-order valence-corrected chi connectivity index (χ3v) is 5.71. The first-order valence-corrected chi connectivity index (χ1v) is 9.26. The maximum atomic E-state index is 12.4. The lowest BCUT2D eigenvalue weighted by Gasteiger charge is -2.05. The number of hydrogen-bond donors (Lipinski definition) is 3. The Balaban J connectivity index is 1.93. The molecule has 0 saturated heterocycles. The van der Waals surface area contributed by atoms with Crippen molar-refractivity contribution in [2.45, 2.75) is 0 Å². The van der Waals surface area contributed by atoms with Crippen molar-refractivity contribution in [1.29, 1.82) is 0 Å². The summed E-state index contributed by atoms with van der Waals surface area (Å²) in [5, 5.41) is 18.7. The van der Waals surface area contributed by atoms with E-state index in [4.69, 9.17) is 11.6 Å². The van der Waals surface area contributed by atoms with Crippen molar-refractivity contribution in [3.8, 4) is 11.1 Å². The predicted molar refractivity (Wildman–Crippen MR) is 104 cm³/mol. The molecule has 3 N–H and O–H groups in total. The number of hydrogen-bond acceptors (Lipinski definition) is 5. The van der Waals surface area contributed by atoms with E-state index in [2.05, 4.69) is 10.6 Å². The topological polar surface area (TPSA) is 78.4 Å². The van der Waals surface area contributed by atoms with Crippen LogP contribution >= 0.6 is 34.3 Å². The van der Waals surface area contributed by atoms with Gasteiger partial charge in [0.25, 0.3) is 5.91 Å². The molecule has 0 aliphatic rings. The summed E-state index contributed by atoms with van der Waals surface area (Å²) in [6.45, 7) is 0. The van der Waals surface area contributed by atoms with Gasteiger partial charge in [0.2, 0.25) is 0 Å². The number of amides is 1. The number of thiophene rings is 2. The Hall–Kier alpha value is -2.35. The number of rotatable bonds is 5. The summed E-state index contributed by atoms with van der Waals surface area (Å²) < 4.78 is 0. The maximum absolute atomic E-state index is 12.4. The molecule has 2 aromatic heterocycles. The number of aromatic carboxylic acids is 1. The highest BCUT2D eigenvalue weighted by Gasteiger charge is 2.22. The van der Waals surface area contributed by atoms with Gasteiger partial charge < -0.3 is 15.7 Å². The van der Waals surface area contributed by atoms with Gasteiger partial charge in [-0.15, -0.1) is 22.7 Å². The van der Waals surface area contributed by atoms with E-state index < -0.39 is 5.97 Å². The van der Waals surface area contributed by atoms with Gasteiger partial charge in [-0.05, 0) is 29.8 Å². The number of halogens is 1. The van der Waals surface area contributed by atoms with Gasteiger partial charge in [0.15, 0.2) is 0 Å². The molecule has 0 bridgehead atoms. The first-order chi connectivity index (χ1) is 12.0. The van der Waals surface area contributed by atoms with Crippen molar-refractivity contribution < 1.29 is 14.7 Å². The minimum atomic E-state index is -1.09. The molecule has 0 saturated carbocycles. The van der Waals surface area contributed by atoms with Crippen LogP contribution in [0.25, 0.3) is 11.1 Å². The van der Waals surface area contributed by atoms with Crippen LogP contribution in [-0.4, -0.2) is 24.0 Å². The first-order valence-electron chi connectivity index (χ1n) is 7.19. The van der Waals surface area contributed by atoms with Gasteiger partial charge in [0.1, 0.15) is 10.6 Å². The van der Waals surface area contributed by atoms with Crippen LogP contribution in [0, 0.1) is 0 Å². The smallest absolute Gasteiger partial charge is 0.339 e. The van der Waals surface area contributed by atoms with E-state index in [-0.39, 0.29) is 11.5 Å². The van der Waals surface area contributed by atoms with Crippen molar-refractivity contribution >= 4 is 56.2 Å². The lowest BCUT2D eigenvalue weighted by molar-refractivity contribution is 0.0699. The molecule has 25 heavy (non-hydrogen) atoms. The molecule has 8 heteroatoms. The largest absolute Gasteiger partial charge is 0.478 e. The zero-order valence-electron chi connectivity index (χ0n) is 13.0. The number of carbonyl (C=O) groups excluding carboxylic acids is 1. The SMILES string of the molecule is CNc1ccc(C(=O)Nc2scc(-c3ccc(Cl)cc3)c2C(=O)O)s1. The van der Waals surface area contributed by atoms with Crippen molar-refractivity contribution in [1.82, 2.24) is 0 Å². The summed E-state index contributed by atoms with van der Waals surface area (Å²) in [5.41, 5.74) is 1.35. The zero-order valence-corrected chi connectivity index (χ0v) is 15.4. The van der Waals surface area contributed by atoms with Crippen LogP contribution in [0.5, 0.6) is 0 Å². The van der Waals surface area contributed by atoms with Gasteiger partial charge in [-0.25, -0.2) is 4.79 Å². The fraction of sp³-hybridized carbons (Fsp3) is 0.0588. The Bertz CT molecular complexity index is 932. The van der Waals surface area contributed by atoms with Crippen LogP contribution in [-0.2, 0) is 0 Å². The minimum Gasteiger partial charge on any atom is -0.478 e. The molecule has 3 aromatic rings. The summed E-state index contributed by atoms with van der Waals surface area (Å²) in [6.07, 6.45) is 0. The standard InChI is InChI=1S/C17H13ClN2O3S2/c1-19-13-7-6-12(25-13)15(21)20-16-14(17(22)23)11(8-24-16)9-2-4-10(18)5-3-9/h2-8,19H,1H3,(H,20,21)(H,22,23). The van der Waals surface area contributed by atoms with Crippen LogP contribution in [0.15, 0.2) is 41.8 Å². The lowest BCUT2D eigenvalue weighted by Crippen LogP contribution is -2.12. The Kier molecular flexibility index (Phi) is 5.08. The van der Waals surface area contributed by atoms with E-state index in [1.54, 1.807) is 48.8 Å². The Morgan fingerprint density at radius 2 is 1.84 bits per heavy atom. The molecule has 1 amide bonds. The van der Waals surface area contributed by atoms with Gasteiger partial charge in [-0.2, -0.15) is 0 Å². The van der Waals surface area contributed by atoms with Crippen LogP contribution < -0.4 is 10.6 Å². The molecule has 0 aliphatic carbocycles. The average molecular weight is 393 g/mol. The second-order valence-corrected chi connectivity index (χ2v) is 7.43. The summed E-state index contributed by atoms with van der Waals surface area (Å²) >= 11 is 8.36. The summed E-state index contributed by atoms with van der Waals surface area (Å²) in [4.78, 5) is 24.6. The predicted octanol–water partition coefficient (Wildman–Crippen LogP) is 5.12. The molecule has 0 fully saturated rings. The highest BCUT2D eigenvalue weighted by atomic mass is 35.5. The molecular formula is C17H13ClN2O3S2. The Morgan fingerprint density at radius 3 is 2.44 bits per heavy atom. The number of anilines is 2. The Morgan fingerprint density at radius 1 is 1.12 bits per heavy atom. The van der Waals surface area contributed by atoms with Gasteiger partial charge in [0.05, 0.1) is 9.88 Å². The fourth-order valence-electron chi connectivity index (χ4n) is 2.26. The molecular weight excluding hydrogens is 380 g/mol. The van der Waals surface area contributed by atoms with E-state index >= 15 is 0 Å². The third kappa shape index (κ3) is 3.68. The lowest BCUT2D eigenvalue weighted by atomic mass is 10.0. The van der Waals surface area contributed by atoms with E-state index in [1.165, 1.54) is 22.7 Å². The third-order valence-electron chi connectivity index (χ3n) is 3.46. The Labute approximate surface area is 156 Å². The summed E-state index contributed by atoms with van der Waals surface area (Å²) in [6, 6.07) is 10.4. The minimum absolute atomic E-state index is 0.0751. The van der Waals surface area contributed by atoms with Crippen LogP contribution in [0.4, 0.5) is 10.0 Å². The summed E-state index contributed by atoms with van der Waals surface area (Å²) in [5.74, 6) is -1.43.